The number of nitro benzene ring substituents is 1. The van der Waals surface area contributed by atoms with Crippen molar-refractivity contribution in [1.29, 1.82) is 0 Å². The third kappa shape index (κ3) is 3.67. The molecule has 142 valence electrons. The number of thiazole rings is 1. The highest BCUT2D eigenvalue weighted by Crippen LogP contribution is 2.35. The molecule has 0 spiro atoms. The zero-order valence-electron chi connectivity index (χ0n) is 14.5. The Morgan fingerprint density at radius 1 is 1.33 bits per heavy atom. The van der Waals surface area contributed by atoms with Crippen molar-refractivity contribution in [3.05, 3.63) is 38.4 Å². The van der Waals surface area contributed by atoms with Gasteiger partial charge in [-0.3, -0.25) is 25.0 Å². The van der Waals surface area contributed by atoms with E-state index in [0.29, 0.717) is 23.5 Å². The molecule has 0 unspecified atom stereocenters. The molecule has 11 heteroatoms. The summed E-state index contributed by atoms with van der Waals surface area (Å²) in [5.41, 5.74) is -0.0272. The lowest BCUT2D eigenvalue weighted by Gasteiger charge is -2.10. The summed E-state index contributed by atoms with van der Waals surface area (Å²) in [6, 6.07) is 2.36. The maximum Gasteiger partial charge on any atom is 0.286 e. The standard InChI is InChI=1S/C16H16N4O6S/c1-25-11-6-8(10(20(23)24)7-12(11)26-2)14(21)19-16-18-9-4-3-5-17-15(22)13(9)27-16/h6-7H,3-5H2,1-2H3,(H,17,22)(H,18,19,21). The van der Waals surface area contributed by atoms with Crippen molar-refractivity contribution in [1.82, 2.24) is 10.3 Å². The van der Waals surface area contributed by atoms with E-state index in [2.05, 4.69) is 15.6 Å². The quantitative estimate of drug-likeness (QED) is 0.587. The number of hydrogen-bond acceptors (Lipinski definition) is 8. The number of methoxy groups -OCH3 is 2. The smallest absolute Gasteiger partial charge is 0.286 e. The maximum absolute atomic E-state index is 12.6. The van der Waals surface area contributed by atoms with Gasteiger partial charge in [0.15, 0.2) is 16.6 Å². The number of nitrogens with zero attached hydrogens (tertiary/aromatic N) is 2. The van der Waals surface area contributed by atoms with Crippen LogP contribution < -0.4 is 20.1 Å². The second kappa shape index (κ2) is 7.58. The van der Waals surface area contributed by atoms with Crippen LogP contribution in [0.3, 0.4) is 0 Å². The molecule has 0 saturated carbocycles. The van der Waals surface area contributed by atoms with Crippen LogP contribution in [0.5, 0.6) is 11.5 Å². The molecule has 1 aliphatic heterocycles. The molecule has 1 aromatic carbocycles. The molecule has 0 radical (unpaired) electrons. The first-order chi connectivity index (χ1) is 12.9. The van der Waals surface area contributed by atoms with Crippen LogP contribution in [0.15, 0.2) is 12.1 Å². The number of amides is 2. The van der Waals surface area contributed by atoms with E-state index in [9.17, 15) is 19.7 Å². The van der Waals surface area contributed by atoms with Crippen molar-refractivity contribution >= 4 is 34.0 Å². The summed E-state index contributed by atoms with van der Waals surface area (Å²) in [5, 5.41) is 16.8. The van der Waals surface area contributed by atoms with Crippen molar-refractivity contribution in [2.24, 2.45) is 0 Å². The van der Waals surface area contributed by atoms with Crippen molar-refractivity contribution in [3.63, 3.8) is 0 Å². The topological polar surface area (TPSA) is 133 Å². The number of carbonyl (C=O) groups is 2. The number of fused-ring (bicyclic) bond motifs is 1. The van der Waals surface area contributed by atoms with Gasteiger partial charge >= 0.3 is 0 Å². The maximum atomic E-state index is 12.6. The summed E-state index contributed by atoms with van der Waals surface area (Å²) < 4.78 is 10.2. The predicted molar refractivity (Wildman–Crippen MR) is 96.9 cm³/mol. The second-order valence-corrected chi connectivity index (χ2v) is 6.59. The number of carbonyl (C=O) groups excluding carboxylic acids is 2. The molecule has 0 atom stereocenters. The Balaban J connectivity index is 1.93. The number of anilines is 1. The lowest BCUT2D eigenvalue weighted by Crippen LogP contribution is -2.21. The van der Waals surface area contributed by atoms with E-state index in [1.165, 1.54) is 20.3 Å². The minimum atomic E-state index is -0.730. The van der Waals surface area contributed by atoms with Gasteiger partial charge < -0.3 is 14.8 Å². The van der Waals surface area contributed by atoms with Crippen LogP contribution in [0.1, 0.15) is 32.1 Å². The Morgan fingerprint density at radius 3 is 2.70 bits per heavy atom. The first-order valence-electron chi connectivity index (χ1n) is 7.94. The Labute approximate surface area is 157 Å². The number of nitrogens with one attached hydrogen (secondary N) is 2. The minimum absolute atomic E-state index is 0.137. The lowest BCUT2D eigenvalue weighted by molar-refractivity contribution is -0.385. The number of aromatic nitrogens is 1. The molecule has 0 fully saturated rings. The SMILES string of the molecule is COc1cc(C(=O)Nc2nc3c(s2)C(=O)NCCC3)c([N+](=O)[O-])cc1OC. The average Bonchev–Trinajstić information content (AvgIpc) is 2.98. The number of aryl methyl sites for hydroxylation is 1. The molecule has 2 N–H and O–H groups in total. The van der Waals surface area contributed by atoms with Crippen molar-refractivity contribution in [2.75, 3.05) is 26.1 Å². The molecule has 2 amide bonds. The van der Waals surface area contributed by atoms with Gasteiger partial charge in [-0.2, -0.15) is 0 Å². The van der Waals surface area contributed by atoms with E-state index in [-0.39, 0.29) is 28.1 Å². The summed E-state index contributed by atoms with van der Waals surface area (Å²) in [6.45, 7) is 0.571. The monoisotopic (exact) mass is 392 g/mol. The number of benzene rings is 1. The van der Waals surface area contributed by atoms with E-state index < -0.39 is 16.5 Å². The molecule has 0 saturated heterocycles. The highest BCUT2D eigenvalue weighted by atomic mass is 32.1. The predicted octanol–water partition coefficient (Wildman–Crippen LogP) is 2.00. The third-order valence-electron chi connectivity index (χ3n) is 3.94. The van der Waals surface area contributed by atoms with E-state index in [1.54, 1.807) is 0 Å². The summed E-state index contributed by atoms with van der Waals surface area (Å²) in [5.74, 6) is -0.648. The highest BCUT2D eigenvalue weighted by molar-refractivity contribution is 7.17. The van der Waals surface area contributed by atoms with Crippen molar-refractivity contribution in [2.45, 2.75) is 12.8 Å². The summed E-state index contributed by atoms with van der Waals surface area (Å²) in [7, 11) is 2.71. The molecule has 27 heavy (non-hydrogen) atoms. The van der Waals surface area contributed by atoms with Crippen LogP contribution in [0.2, 0.25) is 0 Å². The van der Waals surface area contributed by atoms with Crippen molar-refractivity contribution < 1.29 is 24.0 Å². The van der Waals surface area contributed by atoms with E-state index in [4.69, 9.17) is 9.47 Å². The van der Waals surface area contributed by atoms with Crippen LogP contribution in [0.25, 0.3) is 0 Å². The van der Waals surface area contributed by atoms with E-state index in [0.717, 1.165) is 23.8 Å². The van der Waals surface area contributed by atoms with Gasteiger partial charge in [-0.05, 0) is 12.8 Å². The Hall–Kier alpha value is -3.21. The largest absolute Gasteiger partial charge is 0.493 e. The zero-order chi connectivity index (χ0) is 19.6. The molecule has 0 aliphatic carbocycles. The molecule has 10 nitrogen and oxygen atoms in total. The summed E-state index contributed by atoms with van der Waals surface area (Å²) >= 11 is 1.03. The molecule has 0 bridgehead atoms. The molecule has 3 rings (SSSR count). The van der Waals surface area contributed by atoms with E-state index >= 15 is 0 Å². The van der Waals surface area contributed by atoms with Crippen LogP contribution >= 0.6 is 11.3 Å². The average molecular weight is 392 g/mol. The first kappa shape index (κ1) is 18.6. The van der Waals surface area contributed by atoms with Crippen LogP contribution in [-0.2, 0) is 6.42 Å². The van der Waals surface area contributed by atoms with Crippen LogP contribution in [0.4, 0.5) is 10.8 Å². The number of nitro groups is 1. The van der Waals surface area contributed by atoms with Crippen molar-refractivity contribution in [3.8, 4) is 11.5 Å². The van der Waals surface area contributed by atoms with Gasteiger partial charge in [-0.1, -0.05) is 11.3 Å². The fraction of sp³-hybridized carbons (Fsp3) is 0.312. The number of rotatable bonds is 5. The minimum Gasteiger partial charge on any atom is -0.493 e. The fourth-order valence-electron chi connectivity index (χ4n) is 2.66. The van der Waals surface area contributed by atoms with Crippen LogP contribution in [-0.4, -0.2) is 42.5 Å². The summed E-state index contributed by atoms with van der Waals surface area (Å²) in [6.07, 6.45) is 1.36. The Bertz CT molecular complexity index is 926. The highest BCUT2D eigenvalue weighted by Gasteiger charge is 2.26. The molecule has 1 aliphatic rings. The van der Waals surface area contributed by atoms with Crippen LogP contribution in [0, 0.1) is 10.1 Å². The number of hydrogen-bond donors (Lipinski definition) is 2. The van der Waals surface area contributed by atoms with Gasteiger partial charge in [-0.25, -0.2) is 4.98 Å². The molecule has 2 aromatic rings. The van der Waals surface area contributed by atoms with Gasteiger partial charge in [0.25, 0.3) is 17.5 Å². The second-order valence-electron chi connectivity index (χ2n) is 5.59. The Morgan fingerprint density at radius 2 is 2.04 bits per heavy atom. The van der Waals surface area contributed by atoms with E-state index in [1.807, 2.05) is 0 Å². The molecular formula is C16H16N4O6S. The van der Waals surface area contributed by atoms with Gasteiger partial charge in [0.05, 0.1) is 30.9 Å². The zero-order valence-corrected chi connectivity index (χ0v) is 15.3. The Kier molecular flexibility index (Phi) is 5.21. The first-order valence-corrected chi connectivity index (χ1v) is 8.76. The fourth-order valence-corrected chi connectivity index (χ4v) is 3.58. The molecule has 1 aromatic heterocycles. The third-order valence-corrected chi connectivity index (χ3v) is 4.95. The normalized spacial score (nSPS) is 13.2. The molecular weight excluding hydrogens is 376 g/mol. The van der Waals surface area contributed by atoms with Gasteiger partial charge in [0, 0.05) is 12.6 Å². The van der Waals surface area contributed by atoms with Gasteiger partial charge in [0.2, 0.25) is 0 Å². The van der Waals surface area contributed by atoms with Gasteiger partial charge in [-0.15, -0.1) is 0 Å². The number of ether oxygens (including phenoxy) is 2. The van der Waals surface area contributed by atoms with Gasteiger partial charge in [0.1, 0.15) is 10.4 Å². The lowest BCUT2D eigenvalue weighted by atomic mass is 10.1. The summed E-state index contributed by atoms with van der Waals surface area (Å²) in [4.78, 5) is 40.0. The molecule has 2 heterocycles.